The molecule has 28 heavy (non-hydrogen) atoms. The molecule has 0 aromatic carbocycles. The molecule has 2 saturated heterocycles. The van der Waals surface area contributed by atoms with Crippen molar-refractivity contribution >= 4 is 17.7 Å². The first kappa shape index (κ1) is 23.8. The van der Waals surface area contributed by atoms with Crippen LogP contribution in [-0.2, 0) is 9.53 Å². The van der Waals surface area contributed by atoms with E-state index in [2.05, 4.69) is 36.2 Å². The molecule has 2 aliphatic rings. The topological polar surface area (TPSA) is 58.6 Å². The highest BCUT2D eigenvalue weighted by Gasteiger charge is 2.47. The predicted octanol–water partition coefficient (Wildman–Crippen LogP) is 5.27. The van der Waals surface area contributed by atoms with Crippen LogP contribution in [0.5, 0.6) is 0 Å². The summed E-state index contributed by atoms with van der Waals surface area (Å²) in [5.74, 6) is 3.15. The number of ether oxygens (including phenoxy) is 1. The van der Waals surface area contributed by atoms with E-state index in [9.17, 15) is 4.79 Å². The number of carbonyl (C=O) groups is 1. The molecular weight excluding hydrogens is 370 g/mol. The van der Waals surface area contributed by atoms with Crippen LogP contribution in [0, 0.1) is 11.8 Å². The minimum Gasteiger partial charge on any atom is -0.481 e. The summed E-state index contributed by atoms with van der Waals surface area (Å²) in [6.07, 6.45) is 17.5. The van der Waals surface area contributed by atoms with Crippen LogP contribution < -0.4 is 5.32 Å². The van der Waals surface area contributed by atoms with Crippen molar-refractivity contribution < 1.29 is 14.6 Å². The number of hydrogen-bond acceptors (Lipinski definition) is 4. The quantitative estimate of drug-likeness (QED) is 0.252. The van der Waals surface area contributed by atoms with Gasteiger partial charge in [0.25, 0.3) is 0 Å². The van der Waals surface area contributed by atoms with Gasteiger partial charge in [0.1, 0.15) is 0 Å². The molecule has 2 heterocycles. The van der Waals surface area contributed by atoms with Gasteiger partial charge in [0, 0.05) is 18.7 Å². The Labute approximate surface area is 176 Å². The molecule has 0 aromatic rings. The maximum atomic E-state index is 10.6. The first-order chi connectivity index (χ1) is 13.7. The van der Waals surface area contributed by atoms with Crippen LogP contribution in [0.15, 0.2) is 12.2 Å². The van der Waals surface area contributed by atoms with E-state index in [0.717, 1.165) is 31.7 Å². The summed E-state index contributed by atoms with van der Waals surface area (Å²) < 4.78 is 6.22. The summed E-state index contributed by atoms with van der Waals surface area (Å²) >= 11 is 2.08. The molecule has 5 heteroatoms. The lowest BCUT2D eigenvalue weighted by Crippen LogP contribution is -2.27. The number of allylic oxidation sites excluding steroid dienone is 2. The van der Waals surface area contributed by atoms with Gasteiger partial charge in [-0.2, -0.15) is 11.8 Å². The van der Waals surface area contributed by atoms with Gasteiger partial charge < -0.3 is 15.2 Å². The molecule has 2 N–H and O–H groups in total. The normalized spacial score (nSPS) is 26.5. The van der Waals surface area contributed by atoms with E-state index in [1.54, 1.807) is 0 Å². The van der Waals surface area contributed by atoms with Gasteiger partial charge >= 0.3 is 5.97 Å². The average molecular weight is 412 g/mol. The second kappa shape index (κ2) is 14.5. The fourth-order valence-corrected chi connectivity index (χ4v) is 5.54. The molecule has 2 bridgehead atoms. The lowest BCUT2D eigenvalue weighted by Gasteiger charge is -2.27. The zero-order chi connectivity index (χ0) is 20.0. The fourth-order valence-electron chi connectivity index (χ4n) is 4.61. The molecule has 0 spiro atoms. The first-order valence-corrected chi connectivity index (χ1v) is 12.7. The number of fused-ring (bicyclic) bond motifs is 2. The van der Waals surface area contributed by atoms with Crippen molar-refractivity contribution in [2.45, 2.75) is 89.8 Å². The van der Waals surface area contributed by atoms with E-state index in [0.29, 0.717) is 18.1 Å². The van der Waals surface area contributed by atoms with Crippen molar-refractivity contribution in [3.8, 4) is 0 Å². The molecule has 2 aliphatic heterocycles. The Morgan fingerprint density at radius 3 is 2.68 bits per heavy atom. The van der Waals surface area contributed by atoms with Gasteiger partial charge in [-0.15, -0.1) is 0 Å². The highest BCUT2D eigenvalue weighted by atomic mass is 32.2. The number of thioether (sulfide) groups is 1. The maximum absolute atomic E-state index is 10.6. The molecule has 0 aromatic heterocycles. The van der Waals surface area contributed by atoms with Crippen LogP contribution >= 0.6 is 11.8 Å². The second-order valence-electron chi connectivity index (χ2n) is 8.32. The molecule has 162 valence electrons. The third kappa shape index (κ3) is 8.87. The van der Waals surface area contributed by atoms with Gasteiger partial charge in [0.15, 0.2) is 0 Å². The number of carboxylic acids is 1. The molecule has 0 radical (unpaired) electrons. The molecule has 0 aliphatic carbocycles. The van der Waals surface area contributed by atoms with Crippen molar-refractivity contribution in [3.63, 3.8) is 0 Å². The summed E-state index contributed by atoms with van der Waals surface area (Å²) in [5, 5.41) is 12.3. The second-order valence-corrected chi connectivity index (χ2v) is 9.55. The lowest BCUT2D eigenvalue weighted by atomic mass is 9.76. The van der Waals surface area contributed by atoms with E-state index in [1.807, 2.05) is 0 Å². The summed E-state index contributed by atoms with van der Waals surface area (Å²) in [6, 6.07) is 0. The van der Waals surface area contributed by atoms with Crippen molar-refractivity contribution in [1.29, 1.82) is 0 Å². The molecule has 2 rings (SSSR count). The zero-order valence-corrected chi connectivity index (χ0v) is 18.6. The SMILES string of the molecule is CCCCCCNCCSCC[C@H]1[C@@H](CC=CCCCC(=O)O)[C@H]2CC[C@@H]1O2. The van der Waals surface area contributed by atoms with Gasteiger partial charge in [-0.1, -0.05) is 38.3 Å². The van der Waals surface area contributed by atoms with Crippen molar-refractivity contribution in [3.05, 3.63) is 12.2 Å². The van der Waals surface area contributed by atoms with Gasteiger partial charge in [0.2, 0.25) is 0 Å². The van der Waals surface area contributed by atoms with Crippen LogP contribution in [0.25, 0.3) is 0 Å². The van der Waals surface area contributed by atoms with Crippen LogP contribution in [0.1, 0.15) is 77.6 Å². The molecule has 4 nitrogen and oxygen atoms in total. The smallest absolute Gasteiger partial charge is 0.303 e. The van der Waals surface area contributed by atoms with E-state index < -0.39 is 5.97 Å². The third-order valence-electron chi connectivity index (χ3n) is 6.15. The van der Waals surface area contributed by atoms with Gasteiger partial charge in [0.05, 0.1) is 12.2 Å². The van der Waals surface area contributed by atoms with Crippen LogP contribution in [0.4, 0.5) is 0 Å². The lowest BCUT2D eigenvalue weighted by molar-refractivity contribution is -0.137. The van der Waals surface area contributed by atoms with E-state index in [1.165, 1.54) is 63.0 Å². The predicted molar refractivity (Wildman–Crippen MR) is 119 cm³/mol. The zero-order valence-electron chi connectivity index (χ0n) is 17.7. The summed E-state index contributed by atoms with van der Waals surface area (Å²) in [7, 11) is 0. The van der Waals surface area contributed by atoms with Crippen LogP contribution in [0.2, 0.25) is 0 Å². The summed E-state index contributed by atoms with van der Waals surface area (Å²) in [4.78, 5) is 10.6. The van der Waals surface area contributed by atoms with E-state index in [4.69, 9.17) is 9.84 Å². The first-order valence-electron chi connectivity index (χ1n) is 11.5. The number of hydrogen-bond donors (Lipinski definition) is 2. The van der Waals surface area contributed by atoms with Crippen molar-refractivity contribution in [1.82, 2.24) is 5.32 Å². The van der Waals surface area contributed by atoms with Crippen LogP contribution in [-0.4, -0.2) is 47.9 Å². The molecular formula is C23H41NO3S. The van der Waals surface area contributed by atoms with E-state index >= 15 is 0 Å². The average Bonchev–Trinajstić information content (AvgIpc) is 3.28. The van der Waals surface area contributed by atoms with Crippen LogP contribution in [0.3, 0.4) is 0 Å². The summed E-state index contributed by atoms with van der Waals surface area (Å²) in [5.41, 5.74) is 0. The Bertz CT molecular complexity index is 457. The minimum absolute atomic E-state index is 0.273. The number of unbranched alkanes of at least 4 members (excludes halogenated alkanes) is 4. The number of aliphatic carboxylic acids is 1. The van der Waals surface area contributed by atoms with Crippen molar-refractivity contribution in [2.75, 3.05) is 24.6 Å². The molecule has 2 fully saturated rings. The number of rotatable bonds is 17. The Morgan fingerprint density at radius 1 is 1.07 bits per heavy atom. The minimum atomic E-state index is -0.695. The fraction of sp³-hybridized carbons (Fsp3) is 0.870. The van der Waals surface area contributed by atoms with Crippen molar-refractivity contribution in [2.24, 2.45) is 11.8 Å². The van der Waals surface area contributed by atoms with Gasteiger partial charge in [-0.25, -0.2) is 0 Å². The summed E-state index contributed by atoms with van der Waals surface area (Å²) in [6.45, 7) is 4.56. The highest BCUT2D eigenvalue weighted by molar-refractivity contribution is 7.99. The maximum Gasteiger partial charge on any atom is 0.303 e. The van der Waals surface area contributed by atoms with Gasteiger partial charge in [-0.05, 0) is 69.1 Å². The Kier molecular flexibility index (Phi) is 12.3. The largest absolute Gasteiger partial charge is 0.481 e. The molecule has 0 amide bonds. The van der Waals surface area contributed by atoms with Gasteiger partial charge in [-0.3, -0.25) is 4.79 Å². The Hall–Kier alpha value is -0.520. The third-order valence-corrected chi connectivity index (χ3v) is 7.17. The van der Waals surface area contributed by atoms with E-state index in [-0.39, 0.29) is 6.42 Å². The standard InChI is InChI=1S/C23H41NO3S/c1-2-3-4-9-15-24-16-18-28-17-14-20-19(21-12-13-22(20)27-21)10-7-5-6-8-11-23(25)26/h5,7,19-22,24H,2-4,6,8-18H2,1H3,(H,25,26)/t19-,20+,21-,22+/m1/s1. The molecule has 0 saturated carbocycles. The highest BCUT2D eigenvalue weighted by Crippen LogP contribution is 2.46. The Morgan fingerprint density at radius 2 is 1.89 bits per heavy atom. The Balaban J connectivity index is 1.54. The molecule has 0 unspecified atom stereocenters. The molecule has 4 atom stereocenters. The number of carboxylic acid groups (broad SMARTS) is 1. The monoisotopic (exact) mass is 411 g/mol. The number of nitrogens with one attached hydrogen (secondary N) is 1.